The molecule has 2 N–H and O–H groups in total. The first-order valence-electron chi connectivity index (χ1n) is 12.7. The van der Waals surface area contributed by atoms with E-state index in [0.717, 1.165) is 59.0 Å². The zero-order valence-corrected chi connectivity index (χ0v) is 20.9. The molecule has 1 saturated heterocycles. The lowest BCUT2D eigenvalue weighted by molar-refractivity contribution is -0.117. The third-order valence-corrected chi connectivity index (χ3v) is 7.25. The first-order valence-corrected chi connectivity index (χ1v) is 12.7. The van der Waals surface area contributed by atoms with E-state index in [1.165, 1.54) is 0 Å². The second kappa shape index (κ2) is 9.60. The maximum absolute atomic E-state index is 12.3. The number of hydrogen-bond donors (Lipinski definition) is 2. The normalized spacial score (nSPS) is 19.8. The summed E-state index contributed by atoms with van der Waals surface area (Å²) in [5.41, 5.74) is 4.22. The van der Waals surface area contributed by atoms with Crippen molar-refractivity contribution in [3.8, 4) is 28.1 Å². The van der Waals surface area contributed by atoms with Crippen LogP contribution in [-0.4, -0.2) is 62.0 Å². The van der Waals surface area contributed by atoms with Crippen LogP contribution in [0.1, 0.15) is 31.7 Å². The van der Waals surface area contributed by atoms with Crippen LogP contribution >= 0.6 is 0 Å². The fraction of sp³-hybridized carbons (Fsp3) is 0.407. The molecule has 4 heterocycles. The summed E-state index contributed by atoms with van der Waals surface area (Å²) < 4.78 is 15.4. The van der Waals surface area contributed by atoms with E-state index in [9.17, 15) is 9.90 Å². The predicted octanol–water partition coefficient (Wildman–Crippen LogP) is 3.57. The Morgan fingerprint density at radius 2 is 2.08 bits per heavy atom. The number of anilines is 1. The fourth-order valence-electron chi connectivity index (χ4n) is 5.12. The minimum atomic E-state index is -0.266. The number of nitrogens with zero attached hydrogens (tertiary/aromatic N) is 5. The van der Waals surface area contributed by atoms with Crippen molar-refractivity contribution < 1.29 is 19.4 Å². The number of carbonyl (C=O) groups is 1. The summed E-state index contributed by atoms with van der Waals surface area (Å²) in [4.78, 5) is 16.7. The topological polar surface area (TPSA) is 116 Å². The van der Waals surface area contributed by atoms with Gasteiger partial charge in [0.15, 0.2) is 0 Å². The Morgan fingerprint density at radius 3 is 2.86 bits per heavy atom. The molecule has 2 atom stereocenters. The van der Waals surface area contributed by atoms with Crippen LogP contribution in [-0.2, 0) is 16.6 Å². The van der Waals surface area contributed by atoms with Gasteiger partial charge in [-0.15, -0.1) is 0 Å². The third-order valence-electron chi connectivity index (χ3n) is 7.25. The van der Waals surface area contributed by atoms with Crippen molar-refractivity contribution in [3.05, 3.63) is 42.9 Å². The summed E-state index contributed by atoms with van der Waals surface area (Å²) >= 11 is 0. The highest BCUT2D eigenvalue weighted by Crippen LogP contribution is 2.41. The maximum Gasteiger partial charge on any atom is 0.228 e. The molecule has 0 unspecified atom stereocenters. The molecule has 37 heavy (non-hydrogen) atoms. The second-order valence-electron chi connectivity index (χ2n) is 9.72. The Kier molecular flexibility index (Phi) is 6.13. The summed E-state index contributed by atoms with van der Waals surface area (Å²) in [7, 11) is 3.53. The highest BCUT2D eigenvalue weighted by atomic mass is 16.5. The molecule has 2 aliphatic rings. The molecule has 2 fully saturated rings. The molecule has 3 aromatic heterocycles. The van der Waals surface area contributed by atoms with Crippen LogP contribution in [0.5, 0.6) is 5.75 Å². The quantitative estimate of drug-likeness (QED) is 0.397. The van der Waals surface area contributed by atoms with Crippen LogP contribution in [0.25, 0.3) is 33.3 Å². The number of aliphatic hydroxyl groups is 1. The van der Waals surface area contributed by atoms with Crippen LogP contribution in [0.3, 0.4) is 0 Å². The van der Waals surface area contributed by atoms with Crippen molar-refractivity contribution in [2.24, 2.45) is 13.0 Å². The largest absolute Gasteiger partial charge is 0.495 e. The molecular weight excluding hydrogens is 472 g/mol. The van der Waals surface area contributed by atoms with Crippen LogP contribution in [0.4, 0.5) is 5.82 Å². The van der Waals surface area contributed by atoms with E-state index in [2.05, 4.69) is 15.4 Å². The van der Waals surface area contributed by atoms with Gasteiger partial charge in [0.25, 0.3) is 0 Å². The van der Waals surface area contributed by atoms with Gasteiger partial charge in [-0.1, -0.05) is 12.1 Å². The Hall–Kier alpha value is -3.76. The molecule has 10 heteroatoms. The molecule has 1 amide bonds. The number of amides is 1. The van der Waals surface area contributed by atoms with Crippen molar-refractivity contribution in [1.82, 2.24) is 24.5 Å². The van der Waals surface area contributed by atoms with Crippen LogP contribution in [0.2, 0.25) is 0 Å². The van der Waals surface area contributed by atoms with Gasteiger partial charge in [0.2, 0.25) is 5.91 Å². The number of para-hydroxylation sites is 1. The summed E-state index contributed by atoms with van der Waals surface area (Å²) in [5, 5.41) is 23.0. The zero-order chi connectivity index (χ0) is 25.5. The fourth-order valence-corrected chi connectivity index (χ4v) is 5.12. The highest BCUT2D eigenvalue weighted by Gasteiger charge is 2.30. The van der Waals surface area contributed by atoms with E-state index < -0.39 is 0 Å². The number of aryl methyl sites for hydroxylation is 1. The van der Waals surface area contributed by atoms with Gasteiger partial charge in [-0.3, -0.25) is 14.2 Å². The molecule has 4 aromatic rings. The summed E-state index contributed by atoms with van der Waals surface area (Å²) in [6.07, 6.45) is 8.96. The number of pyridine rings is 1. The van der Waals surface area contributed by atoms with Crippen LogP contribution in [0.15, 0.2) is 42.9 Å². The predicted molar refractivity (Wildman–Crippen MR) is 138 cm³/mol. The molecular formula is C27H30N6O4. The van der Waals surface area contributed by atoms with Crippen molar-refractivity contribution in [1.29, 1.82) is 0 Å². The lowest BCUT2D eigenvalue weighted by Gasteiger charge is -2.30. The molecule has 0 bridgehead atoms. The zero-order valence-electron chi connectivity index (χ0n) is 20.9. The molecule has 10 nitrogen and oxygen atoms in total. The van der Waals surface area contributed by atoms with E-state index in [1.807, 2.05) is 48.4 Å². The number of ether oxygens (including phenoxy) is 2. The van der Waals surface area contributed by atoms with Crippen molar-refractivity contribution in [2.45, 2.75) is 37.8 Å². The first-order chi connectivity index (χ1) is 18.1. The third kappa shape index (κ3) is 4.36. The number of aromatic nitrogens is 5. The second-order valence-corrected chi connectivity index (χ2v) is 9.72. The minimum absolute atomic E-state index is 0.0145. The number of fused-ring (bicyclic) bond motifs is 1. The van der Waals surface area contributed by atoms with Gasteiger partial charge in [0, 0.05) is 47.8 Å². The van der Waals surface area contributed by atoms with Crippen molar-refractivity contribution >= 4 is 22.6 Å². The Labute approximate surface area is 214 Å². The van der Waals surface area contributed by atoms with Gasteiger partial charge in [-0.2, -0.15) is 10.2 Å². The number of methoxy groups -OCH3 is 1. The van der Waals surface area contributed by atoms with Crippen molar-refractivity contribution in [2.75, 3.05) is 25.6 Å². The van der Waals surface area contributed by atoms with Gasteiger partial charge >= 0.3 is 0 Å². The van der Waals surface area contributed by atoms with Gasteiger partial charge < -0.3 is 19.9 Å². The lowest BCUT2D eigenvalue weighted by atomic mass is 10.00. The minimum Gasteiger partial charge on any atom is -0.495 e. The van der Waals surface area contributed by atoms with E-state index in [4.69, 9.17) is 14.6 Å². The average Bonchev–Trinajstić information content (AvgIpc) is 3.59. The molecule has 6 rings (SSSR count). The Bertz CT molecular complexity index is 1460. The van der Waals surface area contributed by atoms with Gasteiger partial charge in [-0.05, 0) is 37.8 Å². The van der Waals surface area contributed by atoms with Gasteiger partial charge in [-0.25, -0.2) is 4.98 Å². The molecule has 1 aliphatic carbocycles. The monoisotopic (exact) mass is 502 g/mol. The summed E-state index contributed by atoms with van der Waals surface area (Å²) in [6, 6.07) is 7.81. The van der Waals surface area contributed by atoms with E-state index >= 15 is 0 Å². The van der Waals surface area contributed by atoms with Gasteiger partial charge in [0.05, 0.1) is 37.7 Å². The Balaban J connectivity index is 1.39. The molecule has 1 aliphatic heterocycles. The smallest absolute Gasteiger partial charge is 0.228 e. The first kappa shape index (κ1) is 23.6. The number of aliphatic hydroxyl groups excluding tert-OH is 1. The summed E-state index contributed by atoms with van der Waals surface area (Å²) in [6.45, 7) is 0.620. The number of hydrogen-bond acceptors (Lipinski definition) is 7. The maximum atomic E-state index is 12.3. The van der Waals surface area contributed by atoms with E-state index in [0.29, 0.717) is 18.2 Å². The molecule has 1 saturated carbocycles. The van der Waals surface area contributed by atoms with E-state index in [1.54, 1.807) is 18.0 Å². The number of nitrogens with one attached hydrogen (secondary N) is 1. The van der Waals surface area contributed by atoms with Crippen molar-refractivity contribution in [3.63, 3.8) is 0 Å². The van der Waals surface area contributed by atoms with Crippen LogP contribution < -0.4 is 10.1 Å². The molecule has 192 valence electrons. The Morgan fingerprint density at radius 1 is 1.24 bits per heavy atom. The number of rotatable bonds is 7. The standard InChI is InChI=1S/C27H30N6O4/c1-32-22-13-28-24(30-27(35)16-8-9-16)11-20(22)25(31-32)19-6-3-5-18(26(19)36-2)17-12-29-33(14-17)21-7-4-10-37-23(21)15-34/h3,5-6,11-14,16,21,23,34H,4,7-10,15H2,1-2H3,(H,28,30,35)/t21-,23+/m0/s1. The SMILES string of the molecule is COc1c(-c2cnn([C@H]3CCCO[C@@H]3CO)c2)cccc1-c1nn(C)c2cnc(NC(=O)C3CC3)cc12. The molecule has 1 aromatic carbocycles. The van der Waals surface area contributed by atoms with Gasteiger partial charge in [0.1, 0.15) is 23.4 Å². The highest BCUT2D eigenvalue weighted by molar-refractivity contribution is 6.00. The average molecular weight is 503 g/mol. The summed E-state index contributed by atoms with van der Waals surface area (Å²) in [5.74, 6) is 1.31. The lowest BCUT2D eigenvalue weighted by Crippen LogP contribution is -2.34. The molecule has 0 spiro atoms. The van der Waals surface area contributed by atoms with Crippen LogP contribution in [0, 0.1) is 5.92 Å². The van der Waals surface area contributed by atoms with E-state index in [-0.39, 0.29) is 30.6 Å². The number of benzene rings is 1. The molecule has 0 radical (unpaired) electrons. The number of carbonyl (C=O) groups excluding carboxylic acids is 1.